The van der Waals surface area contributed by atoms with Gasteiger partial charge in [0.05, 0.1) is 0 Å². The summed E-state index contributed by atoms with van der Waals surface area (Å²) in [7, 11) is 3.86. The minimum Gasteiger partial charge on any atom is -0.384 e. The van der Waals surface area contributed by atoms with Crippen molar-refractivity contribution < 1.29 is 5.11 Å². The van der Waals surface area contributed by atoms with Crippen LogP contribution in [-0.4, -0.2) is 42.2 Å². The molecule has 0 aliphatic carbocycles. The molecule has 3 N–H and O–H groups in total. The lowest BCUT2D eigenvalue weighted by Gasteiger charge is -2.12. The maximum Gasteiger partial charge on any atom is 0.129 e. The van der Waals surface area contributed by atoms with Gasteiger partial charge < -0.3 is 15.3 Å². The van der Waals surface area contributed by atoms with Crippen LogP contribution in [0.5, 0.6) is 0 Å². The highest BCUT2D eigenvalue weighted by molar-refractivity contribution is 8.03. The number of hydrogen-bond acceptors (Lipinski definition) is 5. The molecule has 0 spiro atoms. The van der Waals surface area contributed by atoms with E-state index in [2.05, 4.69) is 17.6 Å². The molecular weight excluding hydrogens is 210 g/mol. The van der Waals surface area contributed by atoms with E-state index in [9.17, 15) is 5.11 Å². The quantitative estimate of drug-likeness (QED) is 0.641. The average molecular weight is 229 g/mol. The molecule has 0 aromatic rings. The van der Waals surface area contributed by atoms with Crippen molar-refractivity contribution in [2.45, 2.75) is 18.5 Å². The summed E-state index contributed by atoms with van der Waals surface area (Å²) < 4.78 is 0. The zero-order valence-electron chi connectivity index (χ0n) is 9.40. The zero-order chi connectivity index (χ0) is 11.3. The second kappa shape index (κ2) is 6.05. The van der Waals surface area contributed by atoms with Crippen molar-refractivity contribution in [3.63, 3.8) is 0 Å². The Kier molecular flexibility index (Phi) is 5.01. The molecule has 0 radical (unpaired) electrons. The number of nitrogens with one attached hydrogen (secondary N) is 2. The Morgan fingerprint density at radius 3 is 3.07 bits per heavy atom. The fourth-order valence-corrected chi connectivity index (χ4v) is 2.16. The number of nitrogens with zero attached hydrogens (tertiary/aromatic N) is 1. The minimum atomic E-state index is -0.520. The molecule has 15 heavy (non-hydrogen) atoms. The van der Waals surface area contributed by atoms with Crippen LogP contribution in [0.2, 0.25) is 0 Å². The van der Waals surface area contributed by atoms with Crippen LogP contribution < -0.4 is 10.6 Å². The molecule has 2 unspecified atom stereocenters. The highest BCUT2D eigenvalue weighted by Crippen LogP contribution is 2.27. The van der Waals surface area contributed by atoms with Gasteiger partial charge in [0.2, 0.25) is 0 Å². The molecule has 0 saturated carbocycles. The summed E-state index contributed by atoms with van der Waals surface area (Å²) in [5.74, 6) is 0. The highest BCUT2D eigenvalue weighted by atomic mass is 32.2. The van der Waals surface area contributed by atoms with Crippen molar-refractivity contribution >= 4 is 11.8 Å². The first-order chi connectivity index (χ1) is 7.13. The summed E-state index contributed by atoms with van der Waals surface area (Å²) in [6, 6.07) is 0. The van der Waals surface area contributed by atoms with Gasteiger partial charge in [-0.15, -0.1) is 0 Å². The van der Waals surface area contributed by atoms with Gasteiger partial charge in [0.1, 0.15) is 11.6 Å². The summed E-state index contributed by atoms with van der Waals surface area (Å²) in [5.41, 5.74) is 0.187. The predicted molar refractivity (Wildman–Crippen MR) is 65.1 cm³/mol. The molecule has 1 heterocycles. The Morgan fingerprint density at radius 1 is 1.73 bits per heavy atom. The normalized spacial score (nSPS) is 22.7. The van der Waals surface area contributed by atoms with Crippen molar-refractivity contribution in [2.75, 3.05) is 20.6 Å². The summed E-state index contributed by atoms with van der Waals surface area (Å²) in [5, 5.41) is 16.2. The van der Waals surface area contributed by atoms with Gasteiger partial charge in [-0.05, 0) is 18.8 Å². The van der Waals surface area contributed by atoms with E-state index >= 15 is 0 Å². The molecule has 0 fully saturated rings. The van der Waals surface area contributed by atoms with Gasteiger partial charge in [0.15, 0.2) is 0 Å². The fourth-order valence-electron chi connectivity index (χ4n) is 1.15. The Balaban J connectivity index is 2.39. The van der Waals surface area contributed by atoms with E-state index in [4.69, 9.17) is 0 Å². The lowest BCUT2D eigenvalue weighted by atomic mass is 10.3. The van der Waals surface area contributed by atoms with Gasteiger partial charge in [-0.2, -0.15) is 0 Å². The first-order valence-corrected chi connectivity index (χ1v) is 5.90. The number of thioether (sulfide) groups is 1. The SMILES string of the molecule is CCNC1NC=C(C(O)/C=C/N(C)C)S1. The van der Waals surface area contributed by atoms with Crippen molar-refractivity contribution in [3.8, 4) is 0 Å². The van der Waals surface area contributed by atoms with Crippen molar-refractivity contribution in [1.29, 1.82) is 0 Å². The third kappa shape index (κ3) is 4.15. The molecule has 4 nitrogen and oxygen atoms in total. The summed E-state index contributed by atoms with van der Waals surface area (Å²) in [4.78, 5) is 2.84. The maximum absolute atomic E-state index is 9.81. The highest BCUT2D eigenvalue weighted by Gasteiger charge is 2.19. The Morgan fingerprint density at radius 2 is 2.47 bits per heavy atom. The van der Waals surface area contributed by atoms with Crippen molar-refractivity contribution in [1.82, 2.24) is 15.5 Å². The lowest BCUT2D eigenvalue weighted by molar-refractivity contribution is 0.266. The van der Waals surface area contributed by atoms with E-state index in [1.54, 1.807) is 17.8 Å². The Bertz CT molecular complexity index is 253. The van der Waals surface area contributed by atoms with Gasteiger partial charge in [-0.25, -0.2) is 0 Å². The Hall–Kier alpha value is -0.650. The van der Waals surface area contributed by atoms with Crippen LogP contribution in [0.3, 0.4) is 0 Å². The zero-order valence-corrected chi connectivity index (χ0v) is 10.2. The Labute approximate surface area is 95.4 Å². The molecule has 86 valence electrons. The molecule has 0 saturated heterocycles. The van der Waals surface area contributed by atoms with Gasteiger partial charge in [0, 0.05) is 25.2 Å². The largest absolute Gasteiger partial charge is 0.384 e. The first kappa shape index (κ1) is 12.4. The van der Waals surface area contributed by atoms with Crippen LogP contribution >= 0.6 is 11.8 Å². The van der Waals surface area contributed by atoms with E-state index in [1.807, 2.05) is 31.4 Å². The average Bonchev–Trinajstić information content (AvgIpc) is 2.63. The van der Waals surface area contributed by atoms with E-state index in [0.717, 1.165) is 11.4 Å². The minimum absolute atomic E-state index is 0.187. The molecule has 0 amide bonds. The van der Waals surface area contributed by atoms with Crippen LogP contribution in [0.15, 0.2) is 23.4 Å². The molecule has 0 aromatic heterocycles. The number of aliphatic hydroxyl groups excluding tert-OH is 1. The molecule has 1 aliphatic rings. The lowest BCUT2D eigenvalue weighted by Crippen LogP contribution is -2.33. The fraction of sp³-hybridized carbons (Fsp3) is 0.600. The number of hydrogen-bond donors (Lipinski definition) is 3. The van der Waals surface area contributed by atoms with Crippen LogP contribution in [0.4, 0.5) is 0 Å². The topological polar surface area (TPSA) is 47.5 Å². The standard InChI is InChI=1S/C10H19N3OS/c1-4-11-10-12-7-9(15-10)8(14)5-6-13(2)3/h5-8,10-12,14H,4H2,1-3H3/b6-5+. The molecular formula is C10H19N3OS. The molecule has 1 rings (SSSR count). The van der Waals surface area contributed by atoms with Crippen LogP contribution in [0, 0.1) is 0 Å². The third-order valence-corrected chi connectivity index (χ3v) is 3.05. The van der Waals surface area contributed by atoms with Gasteiger partial charge in [-0.1, -0.05) is 18.7 Å². The van der Waals surface area contributed by atoms with Crippen molar-refractivity contribution in [2.24, 2.45) is 0 Å². The second-order valence-electron chi connectivity index (χ2n) is 3.52. The monoisotopic (exact) mass is 229 g/mol. The predicted octanol–water partition coefficient (Wildman–Crippen LogP) is 0.494. The summed E-state index contributed by atoms with van der Waals surface area (Å²) in [6.45, 7) is 2.97. The molecule has 5 heteroatoms. The molecule has 0 bridgehead atoms. The van der Waals surface area contributed by atoms with Gasteiger partial charge >= 0.3 is 0 Å². The van der Waals surface area contributed by atoms with Crippen LogP contribution in [-0.2, 0) is 0 Å². The summed E-state index contributed by atoms with van der Waals surface area (Å²) in [6.07, 6.45) is 4.97. The third-order valence-electron chi connectivity index (χ3n) is 1.88. The van der Waals surface area contributed by atoms with E-state index in [1.165, 1.54) is 0 Å². The second-order valence-corrected chi connectivity index (χ2v) is 4.70. The number of aliphatic hydroxyl groups is 1. The maximum atomic E-state index is 9.81. The molecule has 0 aromatic carbocycles. The van der Waals surface area contributed by atoms with Gasteiger partial charge in [0.25, 0.3) is 0 Å². The molecule has 2 atom stereocenters. The molecule has 1 aliphatic heterocycles. The van der Waals surface area contributed by atoms with Crippen molar-refractivity contribution in [3.05, 3.63) is 23.4 Å². The van der Waals surface area contributed by atoms with Crippen LogP contribution in [0.25, 0.3) is 0 Å². The number of rotatable bonds is 5. The summed E-state index contributed by atoms with van der Waals surface area (Å²) >= 11 is 1.61. The van der Waals surface area contributed by atoms with Gasteiger partial charge in [-0.3, -0.25) is 5.32 Å². The smallest absolute Gasteiger partial charge is 0.129 e. The van der Waals surface area contributed by atoms with E-state index in [0.29, 0.717) is 0 Å². The van der Waals surface area contributed by atoms with E-state index in [-0.39, 0.29) is 5.50 Å². The first-order valence-electron chi connectivity index (χ1n) is 5.02. The van der Waals surface area contributed by atoms with Crippen LogP contribution in [0.1, 0.15) is 6.92 Å². The van der Waals surface area contributed by atoms with E-state index < -0.39 is 6.10 Å².